The highest BCUT2D eigenvalue weighted by Gasteiger charge is 2.36. The molecule has 6 nitrogen and oxygen atoms in total. The minimum Gasteiger partial charge on any atom is -0.320 e. The normalized spacial score (nSPS) is 22.9. The van der Waals surface area contributed by atoms with Gasteiger partial charge < -0.3 is 10.6 Å². The summed E-state index contributed by atoms with van der Waals surface area (Å²) < 4.78 is 0. The van der Waals surface area contributed by atoms with Crippen molar-refractivity contribution < 1.29 is 14.4 Å². The number of imide groups is 1. The molecule has 0 aromatic carbocycles. The van der Waals surface area contributed by atoms with Crippen LogP contribution < -0.4 is 11.1 Å². The summed E-state index contributed by atoms with van der Waals surface area (Å²) in [5, 5.41) is 2.21. The zero-order chi connectivity index (χ0) is 12.3. The molecule has 6 heteroatoms. The van der Waals surface area contributed by atoms with Gasteiger partial charge in [-0.2, -0.15) is 0 Å². The Labute approximate surface area is 94.2 Å². The lowest BCUT2D eigenvalue weighted by Gasteiger charge is -2.34. The van der Waals surface area contributed by atoms with Gasteiger partial charge in [-0.05, 0) is 12.8 Å². The molecule has 3 N–H and O–H groups in total. The van der Waals surface area contributed by atoms with E-state index in [-0.39, 0.29) is 12.5 Å². The molecule has 1 heterocycles. The summed E-state index contributed by atoms with van der Waals surface area (Å²) in [7, 11) is 0. The monoisotopic (exact) mass is 227 g/mol. The first-order valence-corrected chi connectivity index (χ1v) is 5.41. The Hall–Kier alpha value is -1.43. The SMILES string of the molecule is CCC(N)C(=O)N1CC(=O)NC(=O)C1CC. The molecule has 0 aromatic rings. The quantitative estimate of drug-likeness (QED) is 0.604. The summed E-state index contributed by atoms with van der Waals surface area (Å²) in [6.07, 6.45) is 0.961. The van der Waals surface area contributed by atoms with Crippen LogP contribution in [0.3, 0.4) is 0 Å². The minimum atomic E-state index is -0.646. The Morgan fingerprint density at radius 2 is 2.19 bits per heavy atom. The molecule has 16 heavy (non-hydrogen) atoms. The van der Waals surface area contributed by atoms with Crippen molar-refractivity contribution in [2.45, 2.75) is 38.8 Å². The Kier molecular flexibility index (Phi) is 4.00. The first kappa shape index (κ1) is 12.6. The second-order valence-corrected chi connectivity index (χ2v) is 3.82. The molecule has 1 rings (SSSR count). The number of rotatable bonds is 3. The van der Waals surface area contributed by atoms with Gasteiger partial charge in [0, 0.05) is 0 Å². The molecule has 3 amide bonds. The second-order valence-electron chi connectivity index (χ2n) is 3.82. The van der Waals surface area contributed by atoms with Crippen LogP contribution in [0.2, 0.25) is 0 Å². The number of hydrogen-bond donors (Lipinski definition) is 2. The van der Waals surface area contributed by atoms with E-state index < -0.39 is 23.9 Å². The van der Waals surface area contributed by atoms with Gasteiger partial charge in [-0.25, -0.2) is 0 Å². The molecule has 2 atom stereocenters. The molecule has 0 bridgehead atoms. The van der Waals surface area contributed by atoms with Gasteiger partial charge in [-0.3, -0.25) is 19.7 Å². The summed E-state index contributed by atoms with van der Waals surface area (Å²) >= 11 is 0. The average Bonchev–Trinajstić information content (AvgIpc) is 2.26. The van der Waals surface area contributed by atoms with Gasteiger partial charge in [0.05, 0.1) is 6.04 Å². The first-order valence-electron chi connectivity index (χ1n) is 5.41. The molecule has 1 fully saturated rings. The molecule has 1 saturated heterocycles. The average molecular weight is 227 g/mol. The summed E-state index contributed by atoms with van der Waals surface area (Å²) in [5.41, 5.74) is 5.62. The van der Waals surface area contributed by atoms with Crippen LogP contribution >= 0.6 is 0 Å². The molecule has 1 aliphatic rings. The third-order valence-corrected chi connectivity index (χ3v) is 2.68. The fourth-order valence-electron chi connectivity index (χ4n) is 1.69. The maximum absolute atomic E-state index is 11.9. The summed E-state index contributed by atoms with van der Waals surface area (Å²) in [6.45, 7) is 3.49. The molecular weight excluding hydrogens is 210 g/mol. The predicted octanol–water partition coefficient (Wildman–Crippen LogP) is -1.01. The van der Waals surface area contributed by atoms with Gasteiger partial charge in [0.2, 0.25) is 17.7 Å². The van der Waals surface area contributed by atoms with E-state index in [9.17, 15) is 14.4 Å². The van der Waals surface area contributed by atoms with Gasteiger partial charge in [0.1, 0.15) is 12.6 Å². The minimum absolute atomic E-state index is 0.0865. The summed E-state index contributed by atoms with van der Waals surface area (Å²) in [5.74, 6) is -1.21. The van der Waals surface area contributed by atoms with E-state index in [1.165, 1.54) is 4.90 Å². The van der Waals surface area contributed by atoms with E-state index in [0.29, 0.717) is 12.8 Å². The van der Waals surface area contributed by atoms with Crippen LogP contribution in [0.15, 0.2) is 0 Å². The molecule has 0 radical (unpaired) electrons. The molecule has 1 aliphatic heterocycles. The van der Waals surface area contributed by atoms with Crippen molar-refractivity contribution in [3.63, 3.8) is 0 Å². The first-order chi connectivity index (χ1) is 7.51. The molecule has 0 spiro atoms. The van der Waals surface area contributed by atoms with E-state index in [4.69, 9.17) is 5.73 Å². The highest BCUT2D eigenvalue weighted by Crippen LogP contribution is 2.11. The van der Waals surface area contributed by atoms with Crippen molar-refractivity contribution in [3.8, 4) is 0 Å². The van der Waals surface area contributed by atoms with Crippen molar-refractivity contribution in [3.05, 3.63) is 0 Å². The summed E-state index contributed by atoms with van der Waals surface area (Å²) in [4.78, 5) is 35.8. The Bertz CT molecular complexity index is 316. The predicted molar refractivity (Wildman–Crippen MR) is 57.2 cm³/mol. The van der Waals surface area contributed by atoms with Crippen molar-refractivity contribution in [1.82, 2.24) is 10.2 Å². The van der Waals surface area contributed by atoms with Gasteiger partial charge >= 0.3 is 0 Å². The van der Waals surface area contributed by atoms with Gasteiger partial charge in [0.15, 0.2) is 0 Å². The van der Waals surface area contributed by atoms with E-state index >= 15 is 0 Å². The smallest absolute Gasteiger partial charge is 0.249 e. The largest absolute Gasteiger partial charge is 0.320 e. The Morgan fingerprint density at radius 3 is 2.69 bits per heavy atom. The Balaban J connectivity index is 2.86. The molecule has 0 aromatic heterocycles. The van der Waals surface area contributed by atoms with Crippen LogP contribution in [0, 0.1) is 0 Å². The lowest BCUT2D eigenvalue weighted by atomic mass is 10.1. The van der Waals surface area contributed by atoms with Crippen LogP contribution in [-0.2, 0) is 14.4 Å². The number of hydrogen-bond acceptors (Lipinski definition) is 4. The molecule has 2 unspecified atom stereocenters. The van der Waals surface area contributed by atoms with Gasteiger partial charge in [-0.15, -0.1) is 0 Å². The van der Waals surface area contributed by atoms with Crippen LogP contribution in [0.25, 0.3) is 0 Å². The van der Waals surface area contributed by atoms with Crippen LogP contribution in [0.5, 0.6) is 0 Å². The number of nitrogens with two attached hydrogens (primary N) is 1. The van der Waals surface area contributed by atoms with Crippen molar-refractivity contribution in [2.75, 3.05) is 6.54 Å². The maximum atomic E-state index is 11.9. The molecule has 0 saturated carbocycles. The zero-order valence-electron chi connectivity index (χ0n) is 9.53. The van der Waals surface area contributed by atoms with Crippen molar-refractivity contribution in [2.24, 2.45) is 5.73 Å². The number of nitrogens with one attached hydrogen (secondary N) is 1. The van der Waals surface area contributed by atoms with Crippen LogP contribution in [-0.4, -0.2) is 41.2 Å². The number of carbonyl (C=O) groups excluding carboxylic acids is 3. The van der Waals surface area contributed by atoms with Gasteiger partial charge in [-0.1, -0.05) is 13.8 Å². The highest BCUT2D eigenvalue weighted by molar-refractivity contribution is 6.04. The van der Waals surface area contributed by atoms with E-state index in [1.807, 2.05) is 0 Å². The summed E-state index contributed by atoms with van der Waals surface area (Å²) in [6, 6.07) is -1.23. The lowest BCUT2D eigenvalue weighted by Crippen LogP contribution is -2.62. The zero-order valence-corrected chi connectivity index (χ0v) is 9.53. The van der Waals surface area contributed by atoms with Gasteiger partial charge in [0.25, 0.3) is 0 Å². The Morgan fingerprint density at radius 1 is 1.56 bits per heavy atom. The highest BCUT2D eigenvalue weighted by atomic mass is 16.2. The molecular formula is C10H17N3O3. The van der Waals surface area contributed by atoms with E-state index in [1.54, 1.807) is 13.8 Å². The van der Waals surface area contributed by atoms with E-state index in [0.717, 1.165) is 0 Å². The van der Waals surface area contributed by atoms with Crippen molar-refractivity contribution in [1.29, 1.82) is 0 Å². The molecule has 0 aliphatic carbocycles. The number of amides is 3. The second kappa shape index (κ2) is 5.07. The third kappa shape index (κ3) is 2.38. The number of carbonyl (C=O) groups is 3. The number of nitrogens with zero attached hydrogens (tertiary/aromatic N) is 1. The maximum Gasteiger partial charge on any atom is 0.249 e. The van der Waals surface area contributed by atoms with Crippen molar-refractivity contribution >= 4 is 17.7 Å². The fraction of sp³-hybridized carbons (Fsp3) is 0.700. The number of piperazine rings is 1. The van der Waals surface area contributed by atoms with Crippen LogP contribution in [0.1, 0.15) is 26.7 Å². The third-order valence-electron chi connectivity index (χ3n) is 2.68. The lowest BCUT2D eigenvalue weighted by molar-refractivity contribution is -0.150. The topological polar surface area (TPSA) is 92.5 Å². The molecule has 90 valence electrons. The van der Waals surface area contributed by atoms with E-state index in [2.05, 4.69) is 5.32 Å². The van der Waals surface area contributed by atoms with Crippen LogP contribution in [0.4, 0.5) is 0 Å². The fourth-order valence-corrected chi connectivity index (χ4v) is 1.69. The standard InChI is InChI=1S/C10H17N3O3/c1-3-6(11)10(16)13-5-8(14)12-9(15)7(13)4-2/h6-7H,3-5,11H2,1-2H3,(H,12,14,15).